The SMILES string of the molecule is Cc1cc(C=O)c(OCc2cccc(Cl)c2)cc1OCc1cccn(-c2ccc3c(c2)OCCO3)c1=O. The van der Waals surface area contributed by atoms with Crippen LogP contribution in [0.3, 0.4) is 0 Å². The predicted molar refractivity (Wildman–Crippen MR) is 140 cm³/mol. The Morgan fingerprint density at radius 3 is 2.54 bits per heavy atom. The highest BCUT2D eigenvalue weighted by molar-refractivity contribution is 6.30. The van der Waals surface area contributed by atoms with Gasteiger partial charge in [0.2, 0.25) is 0 Å². The van der Waals surface area contributed by atoms with Crippen LogP contribution in [-0.4, -0.2) is 24.1 Å². The van der Waals surface area contributed by atoms with Gasteiger partial charge in [0, 0.05) is 23.4 Å². The van der Waals surface area contributed by atoms with Crippen molar-refractivity contribution in [2.45, 2.75) is 20.1 Å². The molecule has 0 bridgehead atoms. The summed E-state index contributed by atoms with van der Waals surface area (Å²) < 4.78 is 24.7. The van der Waals surface area contributed by atoms with Gasteiger partial charge in [-0.1, -0.05) is 23.7 Å². The molecule has 1 aromatic heterocycles. The fraction of sp³-hybridized carbons (Fsp3) is 0.172. The van der Waals surface area contributed by atoms with Crippen LogP contribution in [0.2, 0.25) is 5.02 Å². The number of aromatic nitrogens is 1. The lowest BCUT2D eigenvalue weighted by Crippen LogP contribution is -2.23. The first-order valence-corrected chi connectivity index (χ1v) is 12.1. The molecule has 188 valence electrons. The molecular formula is C29H24ClNO6. The first-order valence-electron chi connectivity index (χ1n) is 11.7. The summed E-state index contributed by atoms with van der Waals surface area (Å²) in [7, 11) is 0. The van der Waals surface area contributed by atoms with Crippen molar-refractivity contribution in [1.82, 2.24) is 4.57 Å². The van der Waals surface area contributed by atoms with Crippen molar-refractivity contribution in [3.05, 3.63) is 111 Å². The molecule has 37 heavy (non-hydrogen) atoms. The molecule has 0 unspecified atom stereocenters. The largest absolute Gasteiger partial charge is 0.488 e. The molecule has 0 spiro atoms. The van der Waals surface area contributed by atoms with E-state index >= 15 is 0 Å². The summed E-state index contributed by atoms with van der Waals surface area (Å²) in [5, 5.41) is 0.606. The molecule has 0 aliphatic carbocycles. The number of carbonyl (C=O) groups is 1. The van der Waals surface area contributed by atoms with Crippen molar-refractivity contribution in [3.8, 4) is 28.7 Å². The number of hydrogen-bond acceptors (Lipinski definition) is 6. The third-order valence-corrected chi connectivity index (χ3v) is 6.17. The van der Waals surface area contributed by atoms with E-state index in [2.05, 4.69) is 0 Å². The van der Waals surface area contributed by atoms with E-state index in [4.69, 9.17) is 30.5 Å². The average molecular weight is 518 g/mol. The summed E-state index contributed by atoms with van der Waals surface area (Å²) in [5.74, 6) is 2.16. The van der Waals surface area contributed by atoms with Gasteiger partial charge in [-0.3, -0.25) is 14.2 Å². The highest BCUT2D eigenvalue weighted by Gasteiger charge is 2.15. The van der Waals surface area contributed by atoms with Crippen molar-refractivity contribution in [1.29, 1.82) is 0 Å². The van der Waals surface area contributed by atoms with Crippen molar-refractivity contribution in [2.24, 2.45) is 0 Å². The van der Waals surface area contributed by atoms with Crippen LogP contribution >= 0.6 is 11.6 Å². The van der Waals surface area contributed by atoms with Gasteiger partial charge < -0.3 is 18.9 Å². The maximum Gasteiger partial charge on any atom is 0.261 e. The van der Waals surface area contributed by atoms with Gasteiger partial charge in [-0.2, -0.15) is 0 Å². The molecular weight excluding hydrogens is 494 g/mol. The van der Waals surface area contributed by atoms with E-state index in [0.29, 0.717) is 58.0 Å². The Kier molecular flexibility index (Phi) is 7.14. The second kappa shape index (κ2) is 10.8. The Morgan fingerprint density at radius 1 is 0.919 bits per heavy atom. The lowest BCUT2D eigenvalue weighted by molar-refractivity contribution is 0.111. The van der Waals surface area contributed by atoms with Crippen LogP contribution in [0.15, 0.2) is 77.7 Å². The smallest absolute Gasteiger partial charge is 0.261 e. The van der Waals surface area contributed by atoms with E-state index in [1.165, 1.54) is 0 Å². The molecule has 3 aromatic carbocycles. The quantitative estimate of drug-likeness (QED) is 0.286. The van der Waals surface area contributed by atoms with Crippen molar-refractivity contribution in [3.63, 3.8) is 0 Å². The summed E-state index contributed by atoms with van der Waals surface area (Å²) >= 11 is 6.05. The first kappa shape index (κ1) is 24.5. The number of rotatable bonds is 8. The zero-order chi connectivity index (χ0) is 25.8. The van der Waals surface area contributed by atoms with Gasteiger partial charge in [0.1, 0.15) is 37.9 Å². The highest BCUT2D eigenvalue weighted by Crippen LogP contribution is 2.32. The molecule has 1 aliphatic rings. The molecule has 1 aliphatic heterocycles. The van der Waals surface area contributed by atoms with Gasteiger partial charge in [0.25, 0.3) is 5.56 Å². The van der Waals surface area contributed by atoms with E-state index in [0.717, 1.165) is 17.4 Å². The molecule has 0 atom stereocenters. The lowest BCUT2D eigenvalue weighted by Gasteiger charge is -2.19. The highest BCUT2D eigenvalue weighted by atomic mass is 35.5. The molecule has 0 amide bonds. The minimum Gasteiger partial charge on any atom is -0.488 e. The molecule has 8 heteroatoms. The van der Waals surface area contributed by atoms with E-state index in [-0.39, 0.29) is 18.8 Å². The molecule has 0 N–H and O–H groups in total. The summed E-state index contributed by atoms with van der Waals surface area (Å²) in [4.78, 5) is 24.9. The molecule has 5 rings (SSSR count). The van der Waals surface area contributed by atoms with E-state index in [1.807, 2.05) is 25.1 Å². The number of aryl methyl sites for hydroxylation is 1. The predicted octanol–water partition coefficient (Wildman–Crippen LogP) is 5.54. The van der Waals surface area contributed by atoms with Crippen LogP contribution < -0.4 is 24.5 Å². The summed E-state index contributed by atoms with van der Waals surface area (Å²) in [6, 6.07) is 19.6. The van der Waals surface area contributed by atoms with Crippen LogP contribution in [-0.2, 0) is 13.2 Å². The van der Waals surface area contributed by atoms with Crippen LogP contribution in [0.5, 0.6) is 23.0 Å². The number of nitrogens with zero attached hydrogens (tertiary/aromatic N) is 1. The zero-order valence-corrected chi connectivity index (χ0v) is 20.9. The molecule has 2 heterocycles. The summed E-state index contributed by atoms with van der Waals surface area (Å²) in [6.45, 7) is 3.08. The molecule has 0 fully saturated rings. The van der Waals surface area contributed by atoms with Gasteiger partial charge in [0.15, 0.2) is 17.8 Å². The number of aldehydes is 1. The van der Waals surface area contributed by atoms with Gasteiger partial charge in [-0.05, 0) is 60.5 Å². The van der Waals surface area contributed by atoms with Crippen molar-refractivity contribution >= 4 is 17.9 Å². The number of carbonyl (C=O) groups excluding carboxylic acids is 1. The third kappa shape index (κ3) is 5.47. The van der Waals surface area contributed by atoms with Crippen LogP contribution in [0, 0.1) is 6.92 Å². The Morgan fingerprint density at radius 2 is 1.73 bits per heavy atom. The van der Waals surface area contributed by atoms with Gasteiger partial charge >= 0.3 is 0 Å². The number of halogens is 1. The van der Waals surface area contributed by atoms with Crippen molar-refractivity contribution < 1.29 is 23.7 Å². The third-order valence-electron chi connectivity index (χ3n) is 5.93. The molecule has 7 nitrogen and oxygen atoms in total. The van der Waals surface area contributed by atoms with Gasteiger partial charge in [0.05, 0.1) is 16.8 Å². The molecule has 0 radical (unpaired) electrons. The number of hydrogen-bond donors (Lipinski definition) is 0. The fourth-order valence-corrected chi connectivity index (χ4v) is 4.25. The minimum atomic E-state index is -0.209. The number of fused-ring (bicyclic) bond motifs is 1. The van der Waals surface area contributed by atoms with Crippen LogP contribution in [0.25, 0.3) is 5.69 Å². The summed E-state index contributed by atoms with van der Waals surface area (Å²) in [6.07, 6.45) is 2.44. The molecule has 0 saturated carbocycles. The lowest BCUT2D eigenvalue weighted by atomic mass is 10.1. The fourth-order valence-electron chi connectivity index (χ4n) is 4.04. The van der Waals surface area contributed by atoms with E-state index in [1.54, 1.807) is 59.3 Å². The minimum absolute atomic E-state index is 0.0409. The number of benzene rings is 3. The molecule has 0 saturated heterocycles. The molecule has 4 aromatic rings. The van der Waals surface area contributed by atoms with Crippen LogP contribution in [0.1, 0.15) is 27.0 Å². The Bertz CT molecular complexity index is 1510. The van der Waals surface area contributed by atoms with Gasteiger partial charge in [-0.25, -0.2) is 0 Å². The topological polar surface area (TPSA) is 76.0 Å². The monoisotopic (exact) mass is 517 g/mol. The standard InChI is InChI=1S/C29H24ClNO6/c1-19-12-22(16-32)27(36-17-20-4-2-6-23(30)13-20)15-26(19)37-18-21-5-3-9-31(29(21)33)24-7-8-25-28(14-24)35-11-10-34-25/h2-9,12-16H,10-11,17-18H2,1H3. The van der Waals surface area contributed by atoms with Gasteiger partial charge in [-0.15, -0.1) is 0 Å². The second-order valence-corrected chi connectivity index (χ2v) is 8.95. The number of pyridine rings is 1. The second-order valence-electron chi connectivity index (χ2n) is 8.52. The maximum atomic E-state index is 13.2. The first-order chi connectivity index (χ1) is 18.0. The summed E-state index contributed by atoms with van der Waals surface area (Å²) in [5.41, 5.74) is 2.96. The van der Waals surface area contributed by atoms with E-state index < -0.39 is 0 Å². The van der Waals surface area contributed by atoms with E-state index in [9.17, 15) is 9.59 Å². The average Bonchev–Trinajstić information content (AvgIpc) is 2.92. The normalized spacial score (nSPS) is 12.2. The Hall–Kier alpha value is -4.23. The van der Waals surface area contributed by atoms with Crippen molar-refractivity contribution in [2.75, 3.05) is 13.2 Å². The van der Waals surface area contributed by atoms with Crippen LogP contribution in [0.4, 0.5) is 0 Å². The zero-order valence-electron chi connectivity index (χ0n) is 20.1. The number of ether oxygens (including phenoxy) is 4. The Balaban J connectivity index is 1.35. The maximum absolute atomic E-state index is 13.2. The Labute approximate surface area is 218 Å².